The molecule has 0 aromatic carbocycles. The Morgan fingerprint density at radius 1 is 1.17 bits per heavy atom. The third kappa shape index (κ3) is 11.5. The number of hydrogen-bond donors (Lipinski definition) is 0. The maximum absolute atomic E-state index is 9.08. The van der Waals surface area contributed by atoms with Crippen molar-refractivity contribution in [1.82, 2.24) is 0 Å². The Morgan fingerprint density at radius 3 is 2.06 bits per heavy atom. The van der Waals surface area contributed by atoms with E-state index in [1.165, 1.54) is 24.8 Å². The van der Waals surface area contributed by atoms with E-state index in [-0.39, 0.29) is 0 Å². The molecule has 0 amide bonds. The van der Waals surface area contributed by atoms with Gasteiger partial charge in [-0.25, -0.2) is 13.0 Å². The molecule has 0 saturated heterocycles. The van der Waals surface area contributed by atoms with Crippen LogP contribution in [-0.4, -0.2) is 19.2 Å². The van der Waals surface area contributed by atoms with Crippen LogP contribution in [0.4, 0.5) is 0 Å². The summed E-state index contributed by atoms with van der Waals surface area (Å²) in [6, 6.07) is 4.43. The lowest BCUT2D eigenvalue weighted by Gasteiger charge is -1.97. The van der Waals surface area contributed by atoms with Crippen molar-refractivity contribution in [1.29, 1.82) is 0 Å². The third-order valence-corrected chi connectivity index (χ3v) is 2.39. The Hall–Kier alpha value is -0.940. The minimum absolute atomic E-state index is 0.604. The normalized spacial score (nSPS) is 10.7. The fourth-order valence-corrected chi connectivity index (χ4v) is 1.42. The standard InChI is InChI=1S/C12H20N.CH4O3S/c1-3-5-6-9-13-10-7-12(4-2)8-11-13;1-5(2,3)4/h7-8,10-11H,3-6,9H2,1-2H3;1H3,(H,2,3,4)/q+1;/p-1. The third-order valence-electron chi connectivity index (χ3n) is 2.39. The largest absolute Gasteiger partial charge is 0.748 e. The van der Waals surface area contributed by atoms with Gasteiger partial charge in [-0.2, -0.15) is 0 Å². The number of aryl methyl sites for hydroxylation is 2. The van der Waals surface area contributed by atoms with Crippen molar-refractivity contribution in [2.75, 3.05) is 6.26 Å². The van der Waals surface area contributed by atoms with Gasteiger partial charge in [0.05, 0.1) is 10.1 Å². The highest BCUT2D eigenvalue weighted by atomic mass is 32.2. The van der Waals surface area contributed by atoms with E-state index in [0.29, 0.717) is 6.26 Å². The van der Waals surface area contributed by atoms with Gasteiger partial charge < -0.3 is 4.55 Å². The highest BCUT2D eigenvalue weighted by Gasteiger charge is 1.98. The van der Waals surface area contributed by atoms with Gasteiger partial charge in [0.1, 0.15) is 6.54 Å². The molecular formula is C13H23NO3S. The number of nitrogens with zero attached hydrogens (tertiary/aromatic N) is 1. The second kappa shape index (κ2) is 9.05. The van der Waals surface area contributed by atoms with Crippen LogP contribution in [0, 0.1) is 0 Å². The molecule has 0 N–H and O–H groups in total. The Bertz CT molecular complexity index is 404. The van der Waals surface area contributed by atoms with E-state index >= 15 is 0 Å². The van der Waals surface area contributed by atoms with E-state index in [0.717, 1.165) is 13.0 Å². The van der Waals surface area contributed by atoms with E-state index in [2.05, 4.69) is 42.9 Å². The molecular weight excluding hydrogens is 250 g/mol. The SMILES string of the molecule is CCCCC[n+]1ccc(CC)cc1.CS(=O)(=O)[O-]. The molecule has 0 aliphatic rings. The topological polar surface area (TPSA) is 61.1 Å². The summed E-state index contributed by atoms with van der Waals surface area (Å²) >= 11 is 0. The fraction of sp³-hybridized carbons (Fsp3) is 0.615. The number of rotatable bonds is 5. The number of pyridine rings is 1. The van der Waals surface area contributed by atoms with Gasteiger partial charge in [0, 0.05) is 24.8 Å². The second-order valence-electron chi connectivity index (χ2n) is 4.21. The van der Waals surface area contributed by atoms with Gasteiger partial charge in [-0.1, -0.05) is 20.3 Å². The molecule has 0 radical (unpaired) electrons. The number of aromatic nitrogens is 1. The molecule has 0 fully saturated rings. The van der Waals surface area contributed by atoms with E-state index < -0.39 is 10.1 Å². The first-order valence-corrected chi connectivity index (χ1v) is 8.07. The summed E-state index contributed by atoms with van der Waals surface area (Å²) in [7, 11) is -3.92. The Morgan fingerprint density at radius 2 is 1.67 bits per heavy atom. The Kier molecular flexibility index (Phi) is 8.58. The predicted molar refractivity (Wildman–Crippen MR) is 71.2 cm³/mol. The van der Waals surface area contributed by atoms with Gasteiger partial charge in [0.15, 0.2) is 12.4 Å². The zero-order valence-corrected chi connectivity index (χ0v) is 12.2. The van der Waals surface area contributed by atoms with Crippen LogP contribution < -0.4 is 4.57 Å². The highest BCUT2D eigenvalue weighted by Crippen LogP contribution is 1.97. The lowest BCUT2D eigenvalue weighted by atomic mass is 10.2. The zero-order valence-electron chi connectivity index (χ0n) is 11.4. The van der Waals surface area contributed by atoms with Crippen molar-refractivity contribution in [3.63, 3.8) is 0 Å². The first-order chi connectivity index (χ1) is 8.36. The van der Waals surface area contributed by atoms with Crippen molar-refractivity contribution in [2.24, 2.45) is 0 Å². The molecule has 1 aromatic rings. The summed E-state index contributed by atoms with van der Waals surface area (Å²) in [5.74, 6) is 0. The molecule has 0 bridgehead atoms. The Balaban J connectivity index is 0.000000494. The van der Waals surface area contributed by atoms with Crippen LogP contribution in [-0.2, 0) is 23.1 Å². The monoisotopic (exact) mass is 273 g/mol. The van der Waals surface area contributed by atoms with Crippen molar-refractivity contribution in [3.8, 4) is 0 Å². The van der Waals surface area contributed by atoms with Crippen LogP contribution in [0.5, 0.6) is 0 Å². The quantitative estimate of drug-likeness (QED) is 0.467. The first kappa shape index (κ1) is 17.1. The van der Waals surface area contributed by atoms with Crippen LogP contribution in [0.1, 0.15) is 38.7 Å². The summed E-state index contributed by atoms with van der Waals surface area (Å²) in [4.78, 5) is 0. The van der Waals surface area contributed by atoms with E-state index in [4.69, 9.17) is 13.0 Å². The van der Waals surface area contributed by atoms with Crippen molar-refractivity contribution in [2.45, 2.75) is 46.1 Å². The molecule has 0 unspecified atom stereocenters. The average molecular weight is 273 g/mol. The smallest absolute Gasteiger partial charge is 0.169 e. The van der Waals surface area contributed by atoms with Crippen molar-refractivity contribution < 1.29 is 17.5 Å². The van der Waals surface area contributed by atoms with E-state index in [9.17, 15) is 0 Å². The summed E-state index contributed by atoms with van der Waals surface area (Å²) in [5.41, 5.74) is 1.42. The molecule has 0 aliphatic carbocycles. The van der Waals surface area contributed by atoms with Crippen LogP contribution in [0.15, 0.2) is 24.5 Å². The molecule has 1 heterocycles. The van der Waals surface area contributed by atoms with Crippen LogP contribution in [0.25, 0.3) is 0 Å². The summed E-state index contributed by atoms with van der Waals surface area (Å²) < 4.78 is 29.5. The molecule has 104 valence electrons. The van der Waals surface area contributed by atoms with Crippen molar-refractivity contribution >= 4 is 10.1 Å². The highest BCUT2D eigenvalue weighted by molar-refractivity contribution is 7.84. The number of hydrogen-bond acceptors (Lipinski definition) is 3. The second-order valence-corrected chi connectivity index (χ2v) is 5.62. The predicted octanol–water partition coefficient (Wildman–Crippen LogP) is 1.89. The average Bonchev–Trinajstić information content (AvgIpc) is 2.28. The first-order valence-electron chi connectivity index (χ1n) is 6.25. The van der Waals surface area contributed by atoms with Gasteiger partial charge in [-0.05, 0) is 18.4 Å². The van der Waals surface area contributed by atoms with Crippen LogP contribution in [0.2, 0.25) is 0 Å². The summed E-state index contributed by atoms with van der Waals surface area (Å²) in [6.45, 7) is 5.60. The summed E-state index contributed by atoms with van der Waals surface area (Å²) in [5, 5.41) is 0. The molecule has 1 rings (SSSR count). The fourth-order valence-electron chi connectivity index (χ4n) is 1.42. The molecule has 0 saturated carbocycles. The minimum Gasteiger partial charge on any atom is -0.748 e. The van der Waals surface area contributed by atoms with Gasteiger partial charge in [-0.3, -0.25) is 0 Å². The van der Waals surface area contributed by atoms with Gasteiger partial charge in [0.2, 0.25) is 0 Å². The molecule has 0 spiro atoms. The maximum atomic E-state index is 9.08. The van der Waals surface area contributed by atoms with Crippen LogP contribution >= 0.6 is 0 Å². The maximum Gasteiger partial charge on any atom is 0.169 e. The molecule has 1 aromatic heterocycles. The minimum atomic E-state index is -3.92. The van der Waals surface area contributed by atoms with Gasteiger partial charge in [0.25, 0.3) is 0 Å². The molecule has 0 atom stereocenters. The molecule has 0 aliphatic heterocycles. The van der Waals surface area contributed by atoms with Gasteiger partial charge in [-0.15, -0.1) is 0 Å². The summed E-state index contributed by atoms with van der Waals surface area (Å²) in [6.07, 6.45) is 10.1. The zero-order chi connectivity index (χ0) is 14.0. The van der Waals surface area contributed by atoms with Crippen molar-refractivity contribution in [3.05, 3.63) is 30.1 Å². The van der Waals surface area contributed by atoms with E-state index in [1.54, 1.807) is 0 Å². The molecule has 4 nitrogen and oxygen atoms in total. The van der Waals surface area contributed by atoms with E-state index in [1.807, 2.05) is 0 Å². The molecule has 5 heteroatoms. The van der Waals surface area contributed by atoms with Crippen LogP contribution in [0.3, 0.4) is 0 Å². The number of unbranched alkanes of at least 4 members (excludes halogenated alkanes) is 2. The Labute approximate surface area is 110 Å². The molecule has 18 heavy (non-hydrogen) atoms. The van der Waals surface area contributed by atoms with Gasteiger partial charge >= 0.3 is 0 Å². The lowest BCUT2D eigenvalue weighted by molar-refractivity contribution is -0.697. The lowest BCUT2D eigenvalue weighted by Crippen LogP contribution is -2.32.